The number of benzene rings is 6. The molecule has 0 radical (unpaired) electrons. The van der Waals surface area contributed by atoms with Gasteiger partial charge in [-0.3, -0.25) is 19.3 Å². The van der Waals surface area contributed by atoms with Crippen molar-refractivity contribution in [1.82, 2.24) is 10.2 Å². The van der Waals surface area contributed by atoms with Crippen molar-refractivity contribution < 1.29 is 52.3 Å². The second kappa shape index (κ2) is 25.2. The van der Waals surface area contributed by atoms with Gasteiger partial charge in [-0.1, -0.05) is 42.5 Å². The Kier molecular flexibility index (Phi) is 17.8. The van der Waals surface area contributed by atoms with Gasteiger partial charge in [-0.05, 0) is 116 Å². The highest BCUT2D eigenvalue weighted by molar-refractivity contribution is 6.26. The summed E-state index contributed by atoms with van der Waals surface area (Å²) in [5.41, 5.74) is 7.00. The maximum absolute atomic E-state index is 13.9. The molecular formula is C57H64N4O11. The maximum atomic E-state index is 13.9. The number of fused-ring (bicyclic) bond motifs is 2. The molecule has 15 heteroatoms. The van der Waals surface area contributed by atoms with Gasteiger partial charge >= 0.3 is 0 Å². The quantitative estimate of drug-likeness (QED) is 0.0841. The Morgan fingerprint density at radius 3 is 1.89 bits per heavy atom. The second-order valence-electron chi connectivity index (χ2n) is 17.5. The first-order valence-corrected chi connectivity index (χ1v) is 24.6. The molecule has 2 N–H and O–H groups in total. The first-order valence-electron chi connectivity index (χ1n) is 24.6. The maximum Gasteiger partial charge on any atom is 0.261 e. The molecule has 0 atom stereocenters. The monoisotopic (exact) mass is 980 g/mol. The molecule has 3 amide bonds. The third kappa shape index (κ3) is 12.9. The summed E-state index contributed by atoms with van der Waals surface area (Å²) in [5.74, 6) is 2.37. The molecule has 378 valence electrons. The van der Waals surface area contributed by atoms with E-state index in [-0.39, 0.29) is 24.3 Å². The number of imide groups is 1. The van der Waals surface area contributed by atoms with Gasteiger partial charge in [0.2, 0.25) is 0 Å². The lowest BCUT2D eigenvalue weighted by Crippen LogP contribution is -2.39. The van der Waals surface area contributed by atoms with Crippen LogP contribution in [0.25, 0.3) is 10.8 Å². The van der Waals surface area contributed by atoms with Gasteiger partial charge in [-0.2, -0.15) is 0 Å². The van der Waals surface area contributed by atoms with Crippen LogP contribution in [0.2, 0.25) is 0 Å². The molecule has 72 heavy (non-hydrogen) atoms. The average Bonchev–Trinajstić information content (AvgIpc) is 3.38. The van der Waals surface area contributed by atoms with E-state index >= 15 is 0 Å². The van der Waals surface area contributed by atoms with Crippen LogP contribution in [0, 0.1) is 13.8 Å². The normalized spacial score (nSPS) is 14.9. The minimum atomic E-state index is -0.364. The minimum absolute atomic E-state index is 0.0821. The van der Waals surface area contributed by atoms with Gasteiger partial charge in [0, 0.05) is 53.3 Å². The van der Waals surface area contributed by atoms with Crippen molar-refractivity contribution in [2.24, 2.45) is 0 Å². The molecule has 0 saturated heterocycles. The first-order chi connectivity index (χ1) is 35.2. The highest BCUT2D eigenvalue weighted by Gasteiger charge is 2.33. The zero-order valence-corrected chi connectivity index (χ0v) is 41.6. The van der Waals surface area contributed by atoms with Crippen LogP contribution in [0.15, 0.2) is 109 Å². The van der Waals surface area contributed by atoms with Crippen LogP contribution in [-0.2, 0) is 27.2 Å². The van der Waals surface area contributed by atoms with E-state index in [1.54, 1.807) is 43.5 Å². The van der Waals surface area contributed by atoms with Gasteiger partial charge in [0.25, 0.3) is 17.7 Å². The van der Waals surface area contributed by atoms with Gasteiger partial charge in [0.1, 0.15) is 38.8 Å². The highest BCUT2D eigenvalue weighted by atomic mass is 16.6. The number of nitrogens with one attached hydrogen (secondary N) is 2. The predicted molar refractivity (Wildman–Crippen MR) is 277 cm³/mol. The zero-order valence-electron chi connectivity index (χ0n) is 41.6. The molecular weight excluding hydrogens is 917 g/mol. The summed E-state index contributed by atoms with van der Waals surface area (Å²) in [6, 6.07) is 34.2. The number of ether oxygens (including phenoxy) is 8. The Balaban J connectivity index is 0.993. The SMILES string of the molecule is CCNC(=O)c1ccc(CN2C(=O)c3cccc4c(NCCc5ccc(N6CCOc7cc(C)ccc7OCCOCCOCCOc7ccc(C)cc7OCC6)c(OCCOC)c5)ccc(c34)C2=O)cc1. The van der Waals surface area contributed by atoms with E-state index in [0.29, 0.717) is 149 Å². The minimum Gasteiger partial charge on any atom is -0.489 e. The predicted octanol–water partition coefficient (Wildman–Crippen LogP) is 8.45. The lowest BCUT2D eigenvalue weighted by molar-refractivity contribution is 0.0268. The number of carbonyl (C=O) groups is 3. The van der Waals surface area contributed by atoms with Crippen molar-refractivity contribution in [3.05, 3.63) is 148 Å². The number of carbonyl (C=O) groups excluding carboxylic acids is 3. The fraction of sp³-hybridized carbons (Fsp3) is 0.351. The Morgan fingerprint density at radius 1 is 0.639 bits per heavy atom. The van der Waals surface area contributed by atoms with Crippen molar-refractivity contribution in [2.45, 2.75) is 33.7 Å². The molecule has 0 spiro atoms. The van der Waals surface area contributed by atoms with E-state index in [2.05, 4.69) is 33.7 Å². The van der Waals surface area contributed by atoms with Crippen LogP contribution in [-0.4, -0.2) is 122 Å². The van der Waals surface area contributed by atoms with E-state index in [4.69, 9.17) is 37.9 Å². The number of anilines is 2. The van der Waals surface area contributed by atoms with Crippen molar-refractivity contribution in [3.8, 4) is 28.7 Å². The molecule has 0 saturated carbocycles. The second-order valence-corrected chi connectivity index (χ2v) is 17.5. The summed E-state index contributed by atoms with van der Waals surface area (Å²) >= 11 is 0. The molecule has 2 heterocycles. The van der Waals surface area contributed by atoms with E-state index in [0.717, 1.165) is 39.0 Å². The highest BCUT2D eigenvalue weighted by Crippen LogP contribution is 2.36. The Labute approximate surface area is 421 Å². The molecule has 0 unspecified atom stereocenters. The summed E-state index contributed by atoms with van der Waals surface area (Å²) in [6.45, 7) is 11.9. The lowest BCUT2D eigenvalue weighted by Gasteiger charge is -2.28. The smallest absolute Gasteiger partial charge is 0.261 e. The van der Waals surface area contributed by atoms with Crippen molar-refractivity contribution >= 4 is 39.9 Å². The summed E-state index contributed by atoms with van der Waals surface area (Å²) in [7, 11) is 1.65. The summed E-state index contributed by atoms with van der Waals surface area (Å²) in [6.07, 6.45) is 0.642. The van der Waals surface area contributed by atoms with Crippen LogP contribution in [0.4, 0.5) is 11.4 Å². The third-order valence-electron chi connectivity index (χ3n) is 12.3. The summed E-state index contributed by atoms with van der Waals surface area (Å²) in [4.78, 5) is 43.7. The number of nitrogens with zero attached hydrogens (tertiary/aromatic N) is 2. The lowest BCUT2D eigenvalue weighted by atomic mass is 9.92. The van der Waals surface area contributed by atoms with Crippen LogP contribution >= 0.6 is 0 Å². The number of hydrogen-bond donors (Lipinski definition) is 2. The van der Waals surface area contributed by atoms with E-state index in [1.807, 2.05) is 75.4 Å². The van der Waals surface area contributed by atoms with Crippen LogP contribution in [0.3, 0.4) is 0 Å². The molecule has 2 aliphatic heterocycles. The summed E-state index contributed by atoms with van der Waals surface area (Å²) in [5, 5.41) is 7.79. The topological polar surface area (TPSA) is 156 Å². The largest absolute Gasteiger partial charge is 0.489 e. The standard InChI is InChI=1S/C57H64N4O11/c1-5-58-55(62)43-14-11-42(12-15-43)38-61-56(63)45-8-6-7-44-47(17-16-46(54(44)45)57(61)64)59-22-21-41-13-18-48(51(37-41)72-32-27-65-4)60-23-25-68-52-35-39(2)9-19-49(52)70-33-30-66-28-29-67-31-34-71-50-20-10-40(3)36-53(50)69-26-24-60/h6-20,35-37,59H,5,21-34,38H2,1-4H3,(H,58,62). The van der Waals surface area contributed by atoms with Crippen molar-refractivity contribution in [1.29, 1.82) is 0 Å². The molecule has 0 bridgehead atoms. The van der Waals surface area contributed by atoms with Gasteiger partial charge in [0.05, 0.1) is 58.4 Å². The molecule has 6 aromatic carbocycles. The molecule has 0 aromatic heterocycles. The fourth-order valence-corrected chi connectivity index (χ4v) is 8.64. The Bertz CT molecular complexity index is 2730. The van der Waals surface area contributed by atoms with E-state index in [9.17, 15) is 14.4 Å². The van der Waals surface area contributed by atoms with Crippen molar-refractivity contribution in [2.75, 3.05) is 110 Å². The van der Waals surface area contributed by atoms with Crippen molar-refractivity contribution in [3.63, 3.8) is 0 Å². The average molecular weight is 981 g/mol. The molecule has 2 aliphatic rings. The number of aryl methyl sites for hydroxylation is 2. The van der Waals surface area contributed by atoms with Gasteiger partial charge in [-0.25, -0.2) is 0 Å². The molecule has 0 fully saturated rings. The molecule has 15 nitrogen and oxygen atoms in total. The number of amides is 3. The first kappa shape index (κ1) is 51.0. The Morgan fingerprint density at radius 2 is 1.25 bits per heavy atom. The van der Waals surface area contributed by atoms with Crippen LogP contribution < -0.4 is 39.2 Å². The molecule has 0 aliphatic carbocycles. The fourth-order valence-electron chi connectivity index (χ4n) is 8.64. The van der Waals surface area contributed by atoms with Crippen LogP contribution in [0.1, 0.15) is 60.3 Å². The van der Waals surface area contributed by atoms with Gasteiger partial charge in [-0.15, -0.1) is 0 Å². The summed E-state index contributed by atoms with van der Waals surface area (Å²) < 4.78 is 48.5. The third-order valence-corrected chi connectivity index (χ3v) is 12.3. The van der Waals surface area contributed by atoms with Gasteiger partial charge < -0.3 is 53.4 Å². The molecule has 8 rings (SSSR count). The van der Waals surface area contributed by atoms with Crippen LogP contribution in [0.5, 0.6) is 28.7 Å². The molecule has 6 aromatic rings. The number of methoxy groups -OCH3 is 1. The van der Waals surface area contributed by atoms with Gasteiger partial charge in [0.15, 0.2) is 23.0 Å². The van der Waals surface area contributed by atoms with E-state index < -0.39 is 0 Å². The number of hydrogen-bond acceptors (Lipinski definition) is 13. The van der Waals surface area contributed by atoms with E-state index in [1.165, 1.54) is 4.90 Å². The zero-order chi connectivity index (χ0) is 50.2. The Hall–Kier alpha value is -7.33. The number of rotatable bonds is 13.